The summed E-state index contributed by atoms with van der Waals surface area (Å²) in [7, 11) is 0. The molecule has 1 saturated heterocycles. The fourth-order valence-corrected chi connectivity index (χ4v) is 3.60. The molecular formula is C19H26N2O3. The number of amides is 2. The van der Waals surface area contributed by atoms with Gasteiger partial charge >= 0.3 is 0 Å². The highest BCUT2D eigenvalue weighted by Crippen LogP contribution is 2.25. The van der Waals surface area contributed by atoms with Crippen molar-refractivity contribution in [3.8, 4) is 5.75 Å². The predicted molar refractivity (Wildman–Crippen MR) is 91.5 cm³/mol. The van der Waals surface area contributed by atoms with E-state index in [0.29, 0.717) is 38.5 Å². The summed E-state index contributed by atoms with van der Waals surface area (Å²) in [6.07, 6.45) is 6.96. The molecule has 5 nitrogen and oxygen atoms in total. The molecule has 0 radical (unpaired) electrons. The normalized spacial score (nSPS) is 21.2. The number of ether oxygens (including phenoxy) is 1. The lowest BCUT2D eigenvalue weighted by atomic mass is 10.1. The third-order valence-electron chi connectivity index (χ3n) is 5.07. The molecule has 1 aromatic carbocycles. The summed E-state index contributed by atoms with van der Waals surface area (Å²) in [6, 6.07) is 8.05. The van der Waals surface area contributed by atoms with Crippen molar-refractivity contribution < 1.29 is 14.3 Å². The van der Waals surface area contributed by atoms with Gasteiger partial charge in [-0.15, -0.1) is 0 Å². The van der Waals surface area contributed by atoms with E-state index in [4.69, 9.17) is 10.5 Å². The highest BCUT2D eigenvalue weighted by molar-refractivity contribution is 5.81. The van der Waals surface area contributed by atoms with E-state index in [1.807, 2.05) is 24.3 Å². The van der Waals surface area contributed by atoms with Gasteiger partial charge in [-0.05, 0) is 56.2 Å². The maximum Gasteiger partial charge on any atom is 0.222 e. The number of benzene rings is 1. The summed E-state index contributed by atoms with van der Waals surface area (Å²) in [5, 5.41) is 0. The molecule has 130 valence electrons. The van der Waals surface area contributed by atoms with E-state index < -0.39 is 0 Å². The fourth-order valence-electron chi connectivity index (χ4n) is 3.60. The molecule has 1 aliphatic carbocycles. The van der Waals surface area contributed by atoms with E-state index in [9.17, 15) is 9.59 Å². The zero-order valence-corrected chi connectivity index (χ0v) is 14.1. The van der Waals surface area contributed by atoms with E-state index >= 15 is 0 Å². The minimum Gasteiger partial charge on any atom is -0.490 e. The van der Waals surface area contributed by atoms with Crippen LogP contribution in [-0.4, -0.2) is 35.9 Å². The third kappa shape index (κ3) is 4.28. The Labute approximate surface area is 143 Å². The van der Waals surface area contributed by atoms with Gasteiger partial charge in [0.05, 0.1) is 12.0 Å². The quantitative estimate of drug-likeness (QED) is 0.869. The van der Waals surface area contributed by atoms with Crippen molar-refractivity contribution in [2.75, 3.05) is 13.1 Å². The maximum atomic E-state index is 12.3. The third-order valence-corrected chi connectivity index (χ3v) is 5.07. The number of nitrogens with zero attached hydrogens (tertiary/aromatic N) is 1. The van der Waals surface area contributed by atoms with Crippen LogP contribution in [0.25, 0.3) is 0 Å². The van der Waals surface area contributed by atoms with Crippen LogP contribution in [0.5, 0.6) is 5.75 Å². The zero-order chi connectivity index (χ0) is 16.9. The highest BCUT2D eigenvalue weighted by Gasteiger charge is 2.29. The SMILES string of the molecule is NC(=O)[C@@H]1CCN(C(=O)CCc2cccc(OC3CCCC3)c2)C1. The van der Waals surface area contributed by atoms with Gasteiger partial charge in [-0.1, -0.05) is 12.1 Å². The molecule has 2 N–H and O–H groups in total. The minimum absolute atomic E-state index is 0.0980. The smallest absolute Gasteiger partial charge is 0.222 e. The maximum absolute atomic E-state index is 12.3. The molecule has 1 heterocycles. The Morgan fingerprint density at radius 1 is 1.21 bits per heavy atom. The van der Waals surface area contributed by atoms with Crippen molar-refractivity contribution in [1.82, 2.24) is 4.90 Å². The van der Waals surface area contributed by atoms with Gasteiger partial charge in [0.15, 0.2) is 0 Å². The van der Waals surface area contributed by atoms with Gasteiger partial charge in [0, 0.05) is 19.5 Å². The van der Waals surface area contributed by atoms with E-state index in [1.54, 1.807) is 4.90 Å². The number of primary amides is 1. The second-order valence-corrected chi connectivity index (χ2v) is 6.90. The van der Waals surface area contributed by atoms with Crippen LogP contribution in [0.15, 0.2) is 24.3 Å². The summed E-state index contributed by atoms with van der Waals surface area (Å²) in [4.78, 5) is 25.3. The van der Waals surface area contributed by atoms with Gasteiger partial charge in [0.1, 0.15) is 5.75 Å². The van der Waals surface area contributed by atoms with Crippen LogP contribution in [0.4, 0.5) is 0 Å². The first kappa shape index (κ1) is 16.8. The molecule has 1 atom stereocenters. The van der Waals surface area contributed by atoms with Gasteiger partial charge in [0.25, 0.3) is 0 Å². The molecule has 2 amide bonds. The number of carbonyl (C=O) groups excluding carboxylic acids is 2. The van der Waals surface area contributed by atoms with Gasteiger partial charge in [-0.25, -0.2) is 0 Å². The van der Waals surface area contributed by atoms with Crippen LogP contribution in [0.1, 0.15) is 44.1 Å². The molecule has 2 aliphatic rings. The molecule has 24 heavy (non-hydrogen) atoms. The number of hydrogen-bond acceptors (Lipinski definition) is 3. The van der Waals surface area contributed by atoms with Crippen LogP contribution in [0.3, 0.4) is 0 Å². The van der Waals surface area contributed by atoms with E-state index in [1.165, 1.54) is 12.8 Å². The van der Waals surface area contributed by atoms with Crippen molar-refractivity contribution in [2.45, 2.75) is 51.0 Å². The number of likely N-dealkylation sites (tertiary alicyclic amines) is 1. The standard InChI is InChI=1S/C19H26N2O3/c20-19(23)15-10-11-21(13-15)18(22)9-8-14-4-3-7-17(12-14)24-16-5-1-2-6-16/h3-4,7,12,15-16H,1-2,5-6,8-11,13H2,(H2,20,23)/t15-/m1/s1. The second kappa shape index (κ2) is 7.69. The second-order valence-electron chi connectivity index (χ2n) is 6.90. The van der Waals surface area contributed by atoms with Gasteiger partial charge in [-0.3, -0.25) is 9.59 Å². The van der Waals surface area contributed by atoms with Crippen molar-refractivity contribution >= 4 is 11.8 Å². The number of aryl methyl sites for hydroxylation is 1. The van der Waals surface area contributed by atoms with Crippen molar-refractivity contribution in [3.05, 3.63) is 29.8 Å². The zero-order valence-electron chi connectivity index (χ0n) is 14.1. The Morgan fingerprint density at radius 3 is 2.71 bits per heavy atom. The lowest BCUT2D eigenvalue weighted by Gasteiger charge is -2.16. The van der Waals surface area contributed by atoms with Gasteiger partial charge in [0.2, 0.25) is 11.8 Å². The average Bonchev–Trinajstić information content (AvgIpc) is 3.24. The Kier molecular flexibility index (Phi) is 5.38. The number of hydrogen-bond donors (Lipinski definition) is 1. The monoisotopic (exact) mass is 330 g/mol. The Balaban J connectivity index is 1.49. The fraction of sp³-hybridized carbons (Fsp3) is 0.579. The Bertz CT molecular complexity index is 596. The van der Waals surface area contributed by atoms with Crippen molar-refractivity contribution in [1.29, 1.82) is 0 Å². The topological polar surface area (TPSA) is 72.6 Å². The number of carbonyl (C=O) groups is 2. The van der Waals surface area contributed by atoms with Crippen molar-refractivity contribution in [2.24, 2.45) is 11.7 Å². The first-order chi connectivity index (χ1) is 11.6. The lowest BCUT2D eigenvalue weighted by Crippen LogP contribution is -2.31. The molecule has 1 saturated carbocycles. The van der Waals surface area contributed by atoms with Crippen LogP contribution in [0, 0.1) is 5.92 Å². The van der Waals surface area contributed by atoms with Crippen molar-refractivity contribution in [3.63, 3.8) is 0 Å². The summed E-state index contributed by atoms with van der Waals surface area (Å²) >= 11 is 0. The minimum atomic E-state index is -0.304. The summed E-state index contributed by atoms with van der Waals surface area (Å²) < 4.78 is 6.02. The Morgan fingerprint density at radius 2 is 2.00 bits per heavy atom. The lowest BCUT2D eigenvalue weighted by molar-refractivity contribution is -0.130. The van der Waals surface area contributed by atoms with E-state index in [0.717, 1.165) is 24.2 Å². The first-order valence-electron chi connectivity index (χ1n) is 8.94. The van der Waals surface area contributed by atoms with E-state index in [-0.39, 0.29) is 17.7 Å². The molecule has 5 heteroatoms. The molecule has 2 fully saturated rings. The van der Waals surface area contributed by atoms with E-state index in [2.05, 4.69) is 0 Å². The summed E-state index contributed by atoms with van der Waals surface area (Å²) in [5.41, 5.74) is 6.43. The first-order valence-corrected chi connectivity index (χ1v) is 8.94. The summed E-state index contributed by atoms with van der Waals surface area (Å²) in [5.74, 6) is 0.516. The molecule has 0 unspecified atom stereocenters. The summed E-state index contributed by atoms with van der Waals surface area (Å²) in [6.45, 7) is 1.11. The molecule has 1 aliphatic heterocycles. The van der Waals surface area contributed by atoms with Crippen LogP contribution in [-0.2, 0) is 16.0 Å². The molecule has 0 spiro atoms. The van der Waals surface area contributed by atoms with Crippen LogP contribution >= 0.6 is 0 Å². The van der Waals surface area contributed by atoms with Crippen LogP contribution < -0.4 is 10.5 Å². The molecule has 3 rings (SSSR count). The Hall–Kier alpha value is -2.04. The number of rotatable bonds is 6. The predicted octanol–water partition coefficient (Wildman–Crippen LogP) is 2.27. The van der Waals surface area contributed by atoms with Gasteiger partial charge in [-0.2, -0.15) is 0 Å². The molecule has 0 aromatic heterocycles. The largest absolute Gasteiger partial charge is 0.490 e. The van der Waals surface area contributed by atoms with Crippen LogP contribution in [0.2, 0.25) is 0 Å². The number of nitrogens with two attached hydrogens (primary N) is 1. The van der Waals surface area contributed by atoms with Gasteiger partial charge < -0.3 is 15.4 Å². The highest BCUT2D eigenvalue weighted by atomic mass is 16.5. The molecular weight excluding hydrogens is 304 g/mol. The average molecular weight is 330 g/mol. The molecule has 1 aromatic rings. The molecule has 0 bridgehead atoms.